The van der Waals surface area contributed by atoms with E-state index in [1.54, 1.807) is 30.3 Å². The van der Waals surface area contributed by atoms with Crippen molar-refractivity contribution in [1.29, 1.82) is 0 Å². The quantitative estimate of drug-likeness (QED) is 0.770. The van der Waals surface area contributed by atoms with Gasteiger partial charge in [-0.05, 0) is 19.9 Å². The van der Waals surface area contributed by atoms with Crippen LogP contribution in [0.3, 0.4) is 0 Å². The first kappa shape index (κ1) is 13.1. The molecule has 1 heterocycles. The Hall–Kier alpha value is -0.940. The van der Waals surface area contributed by atoms with E-state index in [2.05, 4.69) is 17.2 Å². The topological polar surface area (TPSA) is 45.2 Å². The van der Waals surface area contributed by atoms with Crippen molar-refractivity contribution in [3.05, 3.63) is 16.6 Å². The van der Waals surface area contributed by atoms with E-state index in [0.29, 0.717) is 12.5 Å². The number of hydrogen-bond donors (Lipinski definition) is 1. The predicted octanol–water partition coefficient (Wildman–Crippen LogP) is 1.66. The van der Waals surface area contributed by atoms with E-state index in [1.807, 2.05) is 11.7 Å². The largest absolute Gasteiger partial charge is 0.349 e. The number of carbonyl (C=O) groups excluding carboxylic acids is 1. The zero-order chi connectivity index (χ0) is 12.0. The van der Waals surface area contributed by atoms with Crippen LogP contribution < -0.4 is 5.32 Å². The number of hydrogen-bond acceptors (Lipinski definition) is 4. The third-order valence-corrected chi connectivity index (χ3v) is 3.35. The van der Waals surface area contributed by atoms with Crippen LogP contribution in [0.2, 0.25) is 0 Å². The Balaban J connectivity index is 2.14. The Morgan fingerprint density at radius 2 is 2.38 bits per heavy atom. The summed E-state index contributed by atoms with van der Waals surface area (Å²) in [5.41, 5.74) is 1.84. The fourth-order valence-corrected chi connectivity index (χ4v) is 1.97. The van der Waals surface area contributed by atoms with Crippen LogP contribution in [0.1, 0.15) is 30.7 Å². The molecule has 0 saturated carbocycles. The van der Waals surface area contributed by atoms with Gasteiger partial charge in [0.1, 0.15) is 0 Å². The molecule has 1 unspecified atom stereocenters. The molecule has 0 aliphatic rings. The van der Waals surface area contributed by atoms with E-state index < -0.39 is 0 Å². The van der Waals surface area contributed by atoms with Gasteiger partial charge in [0, 0.05) is 37.6 Å². The molecule has 0 aliphatic heterocycles. The van der Waals surface area contributed by atoms with Crippen molar-refractivity contribution in [1.82, 2.24) is 15.2 Å². The van der Waals surface area contributed by atoms with Gasteiger partial charge in [0.25, 0.3) is 0 Å². The summed E-state index contributed by atoms with van der Waals surface area (Å²) in [6, 6.07) is 0.321. The van der Waals surface area contributed by atoms with Gasteiger partial charge in [-0.25, -0.2) is 0 Å². The molecule has 0 bridgehead atoms. The second kappa shape index (κ2) is 6.60. The summed E-state index contributed by atoms with van der Waals surface area (Å²) in [5, 5.41) is 3.38. The minimum Gasteiger partial charge on any atom is -0.349 e. The maximum absolute atomic E-state index is 11.3. The highest BCUT2D eigenvalue weighted by Crippen LogP contribution is 2.15. The normalized spacial score (nSPS) is 12.4. The smallest absolute Gasteiger partial charge is 0.222 e. The number of carbonyl (C=O) groups is 1. The fourth-order valence-electron chi connectivity index (χ4n) is 1.32. The molecule has 0 aromatic carbocycles. The molecule has 0 saturated heterocycles. The summed E-state index contributed by atoms with van der Waals surface area (Å²) in [4.78, 5) is 18.2. The van der Waals surface area contributed by atoms with E-state index in [1.165, 1.54) is 4.88 Å². The number of amides is 1. The molecule has 1 atom stereocenters. The summed E-state index contributed by atoms with van der Waals surface area (Å²) in [6.07, 6.45) is 3.36. The maximum atomic E-state index is 11.3. The van der Waals surface area contributed by atoms with Crippen LogP contribution >= 0.6 is 11.3 Å². The Kier molecular flexibility index (Phi) is 5.42. The molecule has 0 aliphatic carbocycles. The van der Waals surface area contributed by atoms with Gasteiger partial charge in [0.05, 0.1) is 5.51 Å². The number of thiazole rings is 1. The van der Waals surface area contributed by atoms with E-state index in [4.69, 9.17) is 0 Å². The number of rotatable bonds is 6. The van der Waals surface area contributed by atoms with Crippen molar-refractivity contribution < 1.29 is 4.79 Å². The van der Waals surface area contributed by atoms with Gasteiger partial charge >= 0.3 is 0 Å². The molecule has 4 nitrogen and oxygen atoms in total. The summed E-state index contributed by atoms with van der Waals surface area (Å²) >= 11 is 1.65. The third-order valence-electron chi connectivity index (χ3n) is 2.39. The Bertz CT molecular complexity index is 311. The van der Waals surface area contributed by atoms with Gasteiger partial charge in [-0.2, -0.15) is 0 Å². The molecular weight excluding hydrogens is 222 g/mol. The molecule has 16 heavy (non-hydrogen) atoms. The van der Waals surface area contributed by atoms with Gasteiger partial charge in [-0.1, -0.05) is 0 Å². The molecular formula is C11H19N3OS. The number of nitrogens with zero attached hydrogens (tertiary/aromatic N) is 2. The fraction of sp³-hybridized carbons (Fsp3) is 0.636. The zero-order valence-corrected chi connectivity index (χ0v) is 10.9. The summed E-state index contributed by atoms with van der Waals surface area (Å²) in [6.45, 7) is 2.97. The molecule has 1 rings (SSSR count). The summed E-state index contributed by atoms with van der Waals surface area (Å²) < 4.78 is 0. The van der Waals surface area contributed by atoms with Gasteiger partial charge < -0.3 is 10.2 Å². The average molecular weight is 241 g/mol. The van der Waals surface area contributed by atoms with Gasteiger partial charge in [-0.3, -0.25) is 9.78 Å². The van der Waals surface area contributed by atoms with Crippen molar-refractivity contribution in [3.8, 4) is 0 Å². The molecule has 1 aromatic heterocycles. The van der Waals surface area contributed by atoms with E-state index in [9.17, 15) is 4.79 Å². The van der Waals surface area contributed by atoms with E-state index >= 15 is 0 Å². The predicted molar refractivity (Wildman–Crippen MR) is 66.5 cm³/mol. The lowest BCUT2D eigenvalue weighted by Gasteiger charge is -2.13. The van der Waals surface area contributed by atoms with Gasteiger partial charge in [0.15, 0.2) is 0 Å². The van der Waals surface area contributed by atoms with Gasteiger partial charge in [-0.15, -0.1) is 11.3 Å². The first-order chi connectivity index (χ1) is 7.61. The van der Waals surface area contributed by atoms with Crippen molar-refractivity contribution >= 4 is 17.2 Å². The van der Waals surface area contributed by atoms with Crippen LogP contribution in [0.5, 0.6) is 0 Å². The van der Waals surface area contributed by atoms with Crippen molar-refractivity contribution in [3.63, 3.8) is 0 Å². The van der Waals surface area contributed by atoms with Crippen molar-refractivity contribution in [2.24, 2.45) is 0 Å². The zero-order valence-electron chi connectivity index (χ0n) is 10.1. The molecule has 1 aromatic rings. The lowest BCUT2D eigenvalue weighted by atomic mass is 10.2. The highest BCUT2D eigenvalue weighted by molar-refractivity contribution is 7.09. The van der Waals surface area contributed by atoms with Crippen molar-refractivity contribution in [2.75, 3.05) is 20.6 Å². The lowest BCUT2D eigenvalue weighted by Crippen LogP contribution is -2.24. The second-order valence-corrected chi connectivity index (χ2v) is 4.89. The van der Waals surface area contributed by atoms with Crippen LogP contribution in [0.15, 0.2) is 11.7 Å². The lowest BCUT2D eigenvalue weighted by molar-refractivity contribution is -0.128. The Morgan fingerprint density at radius 1 is 1.62 bits per heavy atom. The molecule has 1 N–H and O–H groups in total. The van der Waals surface area contributed by atoms with Crippen LogP contribution in [0.25, 0.3) is 0 Å². The number of nitrogens with one attached hydrogen (secondary N) is 1. The molecule has 90 valence electrons. The second-order valence-electron chi connectivity index (χ2n) is 3.97. The summed E-state index contributed by atoms with van der Waals surface area (Å²) in [5.74, 6) is 0.187. The van der Waals surface area contributed by atoms with Gasteiger partial charge in [0.2, 0.25) is 5.91 Å². The first-order valence-electron chi connectivity index (χ1n) is 5.43. The Morgan fingerprint density at radius 3 is 2.94 bits per heavy atom. The standard InChI is InChI=1S/C11H19N3OS/c1-9(10-7-12-8-16-10)13-6-4-5-11(15)14(2)3/h7-9,13H,4-6H2,1-3H3. The maximum Gasteiger partial charge on any atom is 0.222 e. The highest BCUT2D eigenvalue weighted by Gasteiger charge is 2.07. The third kappa shape index (κ3) is 4.28. The van der Waals surface area contributed by atoms with E-state index in [-0.39, 0.29) is 5.91 Å². The van der Waals surface area contributed by atoms with Crippen LogP contribution in [0.4, 0.5) is 0 Å². The highest BCUT2D eigenvalue weighted by atomic mass is 32.1. The minimum absolute atomic E-state index is 0.187. The van der Waals surface area contributed by atoms with Crippen LogP contribution in [-0.4, -0.2) is 36.4 Å². The molecule has 0 radical (unpaired) electrons. The number of aromatic nitrogens is 1. The summed E-state index contributed by atoms with van der Waals surface area (Å²) in [7, 11) is 3.57. The SMILES string of the molecule is CC(NCCCC(=O)N(C)C)c1cncs1. The average Bonchev–Trinajstić information content (AvgIpc) is 2.76. The molecule has 1 amide bonds. The van der Waals surface area contributed by atoms with Crippen molar-refractivity contribution in [2.45, 2.75) is 25.8 Å². The molecule has 0 fully saturated rings. The first-order valence-corrected chi connectivity index (χ1v) is 6.31. The molecule has 5 heteroatoms. The monoisotopic (exact) mass is 241 g/mol. The Labute approximate surface area is 101 Å². The molecule has 0 spiro atoms. The van der Waals surface area contributed by atoms with E-state index in [0.717, 1.165) is 13.0 Å². The van der Waals surface area contributed by atoms with Crippen LogP contribution in [0, 0.1) is 0 Å². The van der Waals surface area contributed by atoms with Crippen LogP contribution in [-0.2, 0) is 4.79 Å². The minimum atomic E-state index is 0.187.